The fourth-order valence-electron chi connectivity index (χ4n) is 4.01. The maximum Gasteiger partial charge on any atom is 0.250 e. The number of rotatable bonds is 2. The van der Waals surface area contributed by atoms with Crippen LogP contribution in [-0.2, 0) is 23.7 Å². The third-order valence-electron chi connectivity index (χ3n) is 5.48. The molecule has 1 heterocycles. The molecule has 1 amide bonds. The second-order valence-corrected chi connectivity index (χ2v) is 6.88. The second-order valence-electron chi connectivity index (χ2n) is 6.88. The van der Waals surface area contributed by atoms with Gasteiger partial charge in [-0.3, -0.25) is 9.59 Å². The zero-order chi connectivity index (χ0) is 16.2. The lowest BCUT2D eigenvalue weighted by molar-refractivity contribution is -0.117. The molecule has 1 aromatic carbocycles. The highest BCUT2D eigenvalue weighted by molar-refractivity contribution is 5.96. The Bertz CT molecular complexity index is 868. The first-order valence-electron chi connectivity index (χ1n) is 8.08. The van der Waals surface area contributed by atoms with E-state index in [4.69, 9.17) is 0 Å². The summed E-state index contributed by atoms with van der Waals surface area (Å²) in [6.07, 6.45) is 4.77. The van der Waals surface area contributed by atoms with Crippen molar-refractivity contribution in [3.63, 3.8) is 0 Å². The molecule has 0 saturated heterocycles. The standard InChI is InChI=1S/C19H20N2O2/c1-12-9-17(22)21(2)11-16(12)20-18(23)15-10-19(15)8-7-13-5-3-4-6-14(13)19/h3-6,9,11,15H,7-8,10H2,1-2H3,(H,20,23)/t15-,19-/m0/s1. The number of hydrogen-bond donors (Lipinski definition) is 1. The van der Waals surface area contributed by atoms with Crippen molar-refractivity contribution in [2.24, 2.45) is 13.0 Å². The van der Waals surface area contributed by atoms with E-state index in [1.807, 2.05) is 6.92 Å². The largest absolute Gasteiger partial charge is 0.324 e. The van der Waals surface area contributed by atoms with E-state index in [2.05, 4.69) is 29.6 Å². The van der Waals surface area contributed by atoms with Crippen LogP contribution in [-0.4, -0.2) is 10.5 Å². The van der Waals surface area contributed by atoms with Gasteiger partial charge in [0.25, 0.3) is 5.56 Å². The Morgan fingerprint density at radius 2 is 2.13 bits per heavy atom. The number of aromatic nitrogens is 1. The highest BCUT2D eigenvalue weighted by Gasteiger charge is 2.61. The molecule has 4 rings (SSSR count). The monoisotopic (exact) mass is 308 g/mol. The van der Waals surface area contributed by atoms with E-state index >= 15 is 0 Å². The topological polar surface area (TPSA) is 51.1 Å². The number of nitrogens with one attached hydrogen (secondary N) is 1. The van der Waals surface area contributed by atoms with Gasteiger partial charge in [-0.15, -0.1) is 0 Å². The van der Waals surface area contributed by atoms with Crippen LogP contribution in [0.1, 0.15) is 29.5 Å². The van der Waals surface area contributed by atoms with E-state index in [-0.39, 0.29) is 22.8 Å². The van der Waals surface area contributed by atoms with E-state index in [9.17, 15) is 9.59 Å². The number of hydrogen-bond acceptors (Lipinski definition) is 2. The molecule has 118 valence electrons. The zero-order valence-electron chi connectivity index (χ0n) is 13.4. The molecule has 4 heteroatoms. The minimum Gasteiger partial charge on any atom is -0.324 e. The first-order valence-corrected chi connectivity index (χ1v) is 8.08. The average molecular weight is 308 g/mol. The van der Waals surface area contributed by atoms with Gasteiger partial charge in [0, 0.05) is 30.6 Å². The van der Waals surface area contributed by atoms with Gasteiger partial charge in [0.1, 0.15) is 0 Å². The molecule has 2 aliphatic rings. The first-order chi connectivity index (χ1) is 11.0. The summed E-state index contributed by atoms with van der Waals surface area (Å²) in [6.45, 7) is 1.85. The predicted octanol–water partition coefficient (Wildman–Crippen LogP) is 2.54. The van der Waals surface area contributed by atoms with E-state index < -0.39 is 0 Å². The van der Waals surface area contributed by atoms with Gasteiger partial charge >= 0.3 is 0 Å². The van der Waals surface area contributed by atoms with Crippen LogP contribution in [0.15, 0.2) is 41.3 Å². The van der Waals surface area contributed by atoms with Crippen molar-refractivity contribution in [2.45, 2.75) is 31.6 Å². The summed E-state index contributed by atoms with van der Waals surface area (Å²) in [4.78, 5) is 24.3. The van der Waals surface area contributed by atoms with Crippen molar-refractivity contribution in [3.05, 3.63) is 63.6 Å². The Morgan fingerprint density at radius 3 is 2.96 bits per heavy atom. The van der Waals surface area contributed by atoms with E-state index in [1.54, 1.807) is 19.3 Å². The number of benzene rings is 1. The molecule has 1 N–H and O–H groups in total. The quantitative estimate of drug-likeness (QED) is 0.927. The van der Waals surface area contributed by atoms with Crippen molar-refractivity contribution >= 4 is 11.6 Å². The lowest BCUT2D eigenvalue weighted by atomic mass is 9.95. The summed E-state index contributed by atoms with van der Waals surface area (Å²) in [5, 5.41) is 3.02. The summed E-state index contributed by atoms with van der Waals surface area (Å²) in [5.41, 5.74) is 4.27. The normalized spacial score (nSPS) is 24.5. The summed E-state index contributed by atoms with van der Waals surface area (Å²) in [6, 6.07) is 10.0. The molecule has 4 nitrogen and oxygen atoms in total. The Labute approximate surface area is 135 Å². The van der Waals surface area contributed by atoms with Crippen LogP contribution in [0, 0.1) is 12.8 Å². The van der Waals surface area contributed by atoms with E-state index in [0.29, 0.717) is 0 Å². The molecule has 1 aromatic heterocycles. The predicted molar refractivity (Wildman–Crippen MR) is 89.6 cm³/mol. The summed E-state index contributed by atoms with van der Waals surface area (Å²) < 4.78 is 1.50. The maximum atomic E-state index is 12.7. The van der Waals surface area contributed by atoms with Crippen LogP contribution >= 0.6 is 0 Å². The number of carbonyl (C=O) groups is 1. The van der Waals surface area contributed by atoms with Gasteiger partial charge in [-0.2, -0.15) is 0 Å². The number of anilines is 1. The molecule has 0 aliphatic heterocycles. The third kappa shape index (κ3) is 2.12. The van der Waals surface area contributed by atoms with E-state index in [0.717, 1.165) is 30.5 Å². The highest BCUT2D eigenvalue weighted by atomic mass is 16.2. The van der Waals surface area contributed by atoms with Crippen molar-refractivity contribution in [2.75, 3.05) is 5.32 Å². The minimum atomic E-state index is -0.0619. The minimum absolute atomic E-state index is 0.0442. The molecule has 1 fully saturated rings. The fraction of sp³-hybridized carbons (Fsp3) is 0.368. The summed E-state index contributed by atoms with van der Waals surface area (Å²) in [7, 11) is 1.70. The third-order valence-corrected chi connectivity index (χ3v) is 5.48. The number of fused-ring (bicyclic) bond motifs is 2. The number of nitrogens with zero attached hydrogens (tertiary/aromatic N) is 1. The van der Waals surface area contributed by atoms with Crippen molar-refractivity contribution in [1.29, 1.82) is 0 Å². The van der Waals surface area contributed by atoms with Crippen LogP contribution in [0.3, 0.4) is 0 Å². The Kier molecular flexibility index (Phi) is 2.98. The molecule has 1 saturated carbocycles. The van der Waals surface area contributed by atoms with Crippen LogP contribution in [0.5, 0.6) is 0 Å². The van der Waals surface area contributed by atoms with Crippen LogP contribution < -0.4 is 10.9 Å². The van der Waals surface area contributed by atoms with Crippen LogP contribution in [0.4, 0.5) is 5.69 Å². The second kappa shape index (κ2) is 4.82. The molecular formula is C19H20N2O2. The van der Waals surface area contributed by atoms with Crippen molar-refractivity contribution in [1.82, 2.24) is 4.57 Å². The smallest absolute Gasteiger partial charge is 0.250 e. The molecule has 2 atom stereocenters. The van der Waals surface area contributed by atoms with Gasteiger partial charge < -0.3 is 9.88 Å². The van der Waals surface area contributed by atoms with E-state index in [1.165, 1.54) is 15.7 Å². The zero-order valence-corrected chi connectivity index (χ0v) is 13.4. The number of carbonyl (C=O) groups excluding carboxylic acids is 1. The SMILES string of the molecule is Cc1cc(=O)n(C)cc1NC(=O)[C@@H]1C[C@]12CCc1ccccc12. The molecule has 0 unspecified atom stereocenters. The van der Waals surface area contributed by atoms with Gasteiger partial charge in [-0.05, 0) is 42.9 Å². The number of pyridine rings is 1. The highest BCUT2D eigenvalue weighted by Crippen LogP contribution is 2.61. The molecule has 2 aliphatic carbocycles. The van der Waals surface area contributed by atoms with Gasteiger partial charge in [-0.1, -0.05) is 24.3 Å². The van der Waals surface area contributed by atoms with Gasteiger partial charge in [-0.25, -0.2) is 0 Å². The molecule has 0 bridgehead atoms. The van der Waals surface area contributed by atoms with Gasteiger partial charge in [0.15, 0.2) is 0 Å². The van der Waals surface area contributed by atoms with Crippen LogP contribution in [0.25, 0.3) is 0 Å². The summed E-state index contributed by atoms with van der Waals surface area (Å²) >= 11 is 0. The first kappa shape index (κ1) is 14.2. The molecule has 1 spiro atoms. The van der Waals surface area contributed by atoms with Crippen molar-refractivity contribution in [3.8, 4) is 0 Å². The molecule has 2 aromatic rings. The van der Waals surface area contributed by atoms with Crippen LogP contribution in [0.2, 0.25) is 0 Å². The lowest BCUT2D eigenvalue weighted by Crippen LogP contribution is -2.23. The summed E-state index contributed by atoms with van der Waals surface area (Å²) in [5.74, 6) is 0.117. The average Bonchev–Trinajstić information content (AvgIpc) is 3.15. The number of aryl methyl sites for hydroxylation is 3. The van der Waals surface area contributed by atoms with Crippen molar-refractivity contribution < 1.29 is 4.79 Å². The Morgan fingerprint density at radius 1 is 1.35 bits per heavy atom. The molecule has 0 radical (unpaired) electrons. The van der Waals surface area contributed by atoms with Gasteiger partial charge in [0.2, 0.25) is 5.91 Å². The lowest BCUT2D eigenvalue weighted by Gasteiger charge is -2.13. The Balaban J connectivity index is 1.57. The Hall–Kier alpha value is -2.36. The van der Waals surface area contributed by atoms with Gasteiger partial charge in [0.05, 0.1) is 5.69 Å². The maximum absolute atomic E-state index is 12.7. The fourth-order valence-corrected chi connectivity index (χ4v) is 4.01. The number of amides is 1. The molecule has 23 heavy (non-hydrogen) atoms. The molecular weight excluding hydrogens is 288 g/mol.